The number of aryl methyl sites for hydroxylation is 1. The van der Waals surface area contributed by atoms with E-state index < -0.39 is 15.6 Å². The number of imidazole rings is 1. The number of hydrogen-bond acceptors (Lipinski definition) is 3. The molecule has 0 saturated heterocycles. The molecule has 0 amide bonds. The van der Waals surface area contributed by atoms with E-state index in [1.807, 2.05) is 0 Å². The second-order valence-corrected chi connectivity index (χ2v) is 6.46. The lowest BCUT2D eigenvalue weighted by Gasteiger charge is -2.32. The molecule has 0 aliphatic heterocycles. The van der Waals surface area contributed by atoms with Gasteiger partial charge in [0.05, 0.1) is 6.20 Å². The number of aromatic nitrogens is 2. The molecule has 0 aromatic carbocycles. The minimum Gasteiger partial charge on any atom is -0.332 e. The molecule has 0 saturated carbocycles. The summed E-state index contributed by atoms with van der Waals surface area (Å²) in [6.45, 7) is 5.23. The normalized spacial score (nSPS) is 13.4. The van der Waals surface area contributed by atoms with Crippen molar-refractivity contribution in [2.45, 2.75) is 31.3 Å². The van der Waals surface area contributed by atoms with Crippen molar-refractivity contribution in [3.63, 3.8) is 0 Å². The minimum atomic E-state index is -3.56. The summed E-state index contributed by atoms with van der Waals surface area (Å²) in [4.78, 5) is 6.59. The lowest BCUT2D eigenvalue weighted by molar-refractivity contribution is 0.295. The topological polar surface area (TPSA) is 66.1 Å². The maximum absolute atomic E-state index is 12.1. The molecule has 7 heteroatoms. The Kier molecular flexibility index (Phi) is 3.66. The van der Waals surface area contributed by atoms with Crippen LogP contribution in [-0.2, 0) is 10.0 Å². The lowest BCUT2D eigenvalue weighted by atomic mass is 10.1. The van der Waals surface area contributed by atoms with Gasteiger partial charge in [-0.2, -0.15) is 4.31 Å². The van der Waals surface area contributed by atoms with Crippen LogP contribution in [0.1, 0.15) is 19.7 Å². The summed E-state index contributed by atoms with van der Waals surface area (Å²) in [6.07, 6.45) is 1.31. The molecule has 1 rings (SSSR count). The van der Waals surface area contributed by atoms with Gasteiger partial charge in [-0.15, -0.1) is 11.6 Å². The molecule has 0 aliphatic carbocycles. The molecule has 92 valence electrons. The highest BCUT2D eigenvalue weighted by Gasteiger charge is 2.34. The summed E-state index contributed by atoms with van der Waals surface area (Å²) < 4.78 is 25.5. The van der Waals surface area contributed by atoms with Crippen molar-refractivity contribution in [3.05, 3.63) is 12.0 Å². The van der Waals surface area contributed by atoms with Gasteiger partial charge >= 0.3 is 0 Å². The van der Waals surface area contributed by atoms with E-state index in [0.29, 0.717) is 5.82 Å². The predicted molar refractivity (Wildman–Crippen MR) is 63.1 cm³/mol. The highest BCUT2D eigenvalue weighted by molar-refractivity contribution is 7.89. The number of aromatic amines is 1. The van der Waals surface area contributed by atoms with E-state index in [-0.39, 0.29) is 10.9 Å². The Balaban J connectivity index is 3.13. The van der Waals surface area contributed by atoms with Crippen LogP contribution < -0.4 is 0 Å². The number of halogens is 1. The summed E-state index contributed by atoms with van der Waals surface area (Å²) in [5.41, 5.74) is -0.639. The third-order valence-electron chi connectivity index (χ3n) is 2.50. The molecular weight excluding hydrogens is 250 g/mol. The maximum atomic E-state index is 12.1. The molecule has 1 heterocycles. The van der Waals surface area contributed by atoms with Gasteiger partial charge in [0.2, 0.25) is 0 Å². The first kappa shape index (κ1) is 13.5. The average molecular weight is 266 g/mol. The molecule has 1 aromatic heterocycles. The summed E-state index contributed by atoms with van der Waals surface area (Å²) in [5.74, 6) is 0.784. The Bertz CT molecular complexity index is 467. The number of sulfonamides is 1. The van der Waals surface area contributed by atoms with E-state index in [1.165, 1.54) is 17.5 Å². The van der Waals surface area contributed by atoms with E-state index >= 15 is 0 Å². The first-order chi connectivity index (χ1) is 7.21. The molecule has 0 unspecified atom stereocenters. The van der Waals surface area contributed by atoms with Crippen LogP contribution in [0.25, 0.3) is 0 Å². The first-order valence-corrected chi connectivity index (χ1v) is 6.76. The molecule has 1 aromatic rings. The highest BCUT2D eigenvalue weighted by atomic mass is 35.5. The van der Waals surface area contributed by atoms with Gasteiger partial charge in [-0.1, -0.05) is 0 Å². The van der Waals surface area contributed by atoms with E-state index in [9.17, 15) is 8.42 Å². The number of alkyl halides is 1. The molecule has 16 heavy (non-hydrogen) atoms. The number of H-pyrrole nitrogens is 1. The van der Waals surface area contributed by atoms with Crippen LogP contribution in [-0.4, -0.2) is 41.2 Å². The van der Waals surface area contributed by atoms with Crippen LogP contribution in [0.15, 0.2) is 11.2 Å². The molecule has 0 fully saturated rings. The molecule has 0 atom stereocenters. The zero-order chi connectivity index (χ0) is 12.6. The van der Waals surface area contributed by atoms with Gasteiger partial charge in [0.15, 0.2) is 5.03 Å². The van der Waals surface area contributed by atoms with Crippen LogP contribution in [0.4, 0.5) is 0 Å². The molecule has 5 nitrogen and oxygen atoms in total. The Labute approximate surface area is 101 Å². The lowest BCUT2D eigenvalue weighted by Crippen LogP contribution is -2.46. The smallest absolute Gasteiger partial charge is 0.260 e. The van der Waals surface area contributed by atoms with Gasteiger partial charge in [0.25, 0.3) is 10.0 Å². The van der Waals surface area contributed by atoms with E-state index in [0.717, 1.165) is 0 Å². The molecule has 0 aliphatic rings. The van der Waals surface area contributed by atoms with E-state index in [4.69, 9.17) is 11.6 Å². The molecule has 0 radical (unpaired) electrons. The fraction of sp³-hybridized carbons (Fsp3) is 0.667. The van der Waals surface area contributed by atoms with Crippen molar-refractivity contribution >= 4 is 21.6 Å². The second kappa shape index (κ2) is 4.35. The van der Waals surface area contributed by atoms with E-state index in [2.05, 4.69) is 9.97 Å². The largest absolute Gasteiger partial charge is 0.332 e. The summed E-state index contributed by atoms with van der Waals surface area (Å²) in [6, 6.07) is 0. The van der Waals surface area contributed by atoms with Crippen molar-refractivity contribution in [1.29, 1.82) is 0 Å². The third-order valence-corrected chi connectivity index (χ3v) is 5.13. The zero-order valence-corrected chi connectivity index (χ0v) is 11.4. The molecular formula is C9H16ClN3O2S. The third kappa shape index (κ3) is 2.39. The Hall–Kier alpha value is -0.590. The zero-order valence-electron chi connectivity index (χ0n) is 9.78. The quantitative estimate of drug-likeness (QED) is 0.836. The second-order valence-electron chi connectivity index (χ2n) is 4.25. The van der Waals surface area contributed by atoms with Gasteiger partial charge < -0.3 is 4.98 Å². The summed E-state index contributed by atoms with van der Waals surface area (Å²) in [7, 11) is -2.05. The van der Waals surface area contributed by atoms with Crippen molar-refractivity contribution in [2.24, 2.45) is 0 Å². The van der Waals surface area contributed by atoms with Gasteiger partial charge in [-0.05, 0) is 20.8 Å². The van der Waals surface area contributed by atoms with Crippen molar-refractivity contribution < 1.29 is 8.42 Å². The minimum absolute atomic E-state index is 0.0886. The summed E-state index contributed by atoms with van der Waals surface area (Å²) in [5, 5.41) is 0.0886. The van der Waals surface area contributed by atoms with E-state index in [1.54, 1.807) is 20.8 Å². The monoisotopic (exact) mass is 265 g/mol. The fourth-order valence-electron chi connectivity index (χ4n) is 1.09. The Morgan fingerprint density at radius 2 is 2.12 bits per heavy atom. The first-order valence-electron chi connectivity index (χ1n) is 4.78. The Morgan fingerprint density at radius 1 is 1.56 bits per heavy atom. The molecule has 0 bridgehead atoms. The summed E-state index contributed by atoms with van der Waals surface area (Å²) >= 11 is 5.75. The average Bonchev–Trinajstić information content (AvgIpc) is 2.64. The number of rotatable bonds is 4. The molecule has 1 N–H and O–H groups in total. The van der Waals surface area contributed by atoms with Crippen molar-refractivity contribution in [2.75, 3.05) is 12.9 Å². The fourth-order valence-corrected chi connectivity index (χ4v) is 2.81. The number of nitrogens with one attached hydrogen (secondary N) is 1. The molecule has 0 spiro atoms. The van der Waals surface area contributed by atoms with Crippen molar-refractivity contribution in [3.8, 4) is 0 Å². The standard InChI is InChI=1S/C9H16ClN3O2S/c1-7-11-5-8(12-7)16(14,15)13(4)9(2,3)6-10/h5H,6H2,1-4H3,(H,11,12). The van der Waals surface area contributed by atoms with Gasteiger partial charge in [-0.3, -0.25) is 0 Å². The van der Waals surface area contributed by atoms with Gasteiger partial charge in [0, 0.05) is 18.5 Å². The van der Waals surface area contributed by atoms with Crippen LogP contribution in [0.5, 0.6) is 0 Å². The highest BCUT2D eigenvalue weighted by Crippen LogP contribution is 2.22. The van der Waals surface area contributed by atoms with Crippen LogP contribution in [0.2, 0.25) is 0 Å². The van der Waals surface area contributed by atoms with Crippen LogP contribution >= 0.6 is 11.6 Å². The van der Waals surface area contributed by atoms with Crippen LogP contribution in [0, 0.1) is 6.92 Å². The number of hydrogen-bond donors (Lipinski definition) is 1. The van der Waals surface area contributed by atoms with Crippen LogP contribution in [0.3, 0.4) is 0 Å². The predicted octanol–water partition coefficient (Wildman–Crippen LogP) is 1.36. The number of nitrogens with zero attached hydrogens (tertiary/aromatic N) is 2. The van der Waals surface area contributed by atoms with Gasteiger partial charge in [0.1, 0.15) is 5.82 Å². The van der Waals surface area contributed by atoms with Gasteiger partial charge in [-0.25, -0.2) is 13.4 Å². The van der Waals surface area contributed by atoms with Crippen molar-refractivity contribution in [1.82, 2.24) is 14.3 Å². The SMILES string of the molecule is Cc1ncc(S(=O)(=O)N(C)C(C)(C)CCl)[nH]1. The Morgan fingerprint density at radius 3 is 2.50 bits per heavy atom. The maximum Gasteiger partial charge on any atom is 0.260 e.